The smallest absolute Gasteiger partial charge is 0.253 e. The van der Waals surface area contributed by atoms with Crippen LogP contribution in [-0.4, -0.2) is 62.9 Å². The number of carbonyl (C=O) groups is 1. The Hall–Kier alpha value is -1.97. The number of nitrogens with zero attached hydrogens (tertiary/aromatic N) is 2. The molecule has 7 nitrogen and oxygen atoms in total. The Morgan fingerprint density at radius 3 is 2.39 bits per heavy atom. The third-order valence-corrected chi connectivity index (χ3v) is 8.41. The minimum Gasteiger partial charge on any atom is -0.379 e. The standard InChI is InChI=1S/C24H30ClN3O4S/c25-23-9-8-21(33(30,31)28-10-4-1-5-11-28)16-22(23)24(29)26-17-19-6-2-3-7-20(19)18-27-12-14-32-15-13-27/h2-3,6-9,16H,1,4-5,10-15,17-18H2,(H,26,29). The zero-order valence-corrected chi connectivity index (χ0v) is 20.2. The first-order chi connectivity index (χ1) is 15.9. The molecule has 0 unspecified atom stereocenters. The monoisotopic (exact) mass is 491 g/mol. The summed E-state index contributed by atoms with van der Waals surface area (Å²) in [5.41, 5.74) is 2.33. The molecule has 0 saturated carbocycles. The van der Waals surface area contributed by atoms with Crippen molar-refractivity contribution in [2.24, 2.45) is 0 Å². The van der Waals surface area contributed by atoms with E-state index in [4.69, 9.17) is 16.3 Å². The number of nitrogens with one attached hydrogen (secondary N) is 1. The van der Waals surface area contributed by atoms with Gasteiger partial charge >= 0.3 is 0 Å². The predicted octanol–water partition coefficient (Wildman–Crippen LogP) is 3.28. The average molecular weight is 492 g/mol. The molecular formula is C24H30ClN3O4S. The van der Waals surface area contributed by atoms with Gasteiger partial charge in [-0.2, -0.15) is 4.31 Å². The molecule has 0 spiro atoms. The van der Waals surface area contributed by atoms with Gasteiger partial charge in [-0.05, 0) is 42.2 Å². The number of rotatable bonds is 7. The maximum atomic E-state index is 13.0. The lowest BCUT2D eigenvalue weighted by atomic mass is 10.1. The number of benzene rings is 2. The summed E-state index contributed by atoms with van der Waals surface area (Å²) in [6, 6.07) is 12.3. The van der Waals surface area contributed by atoms with Crippen molar-refractivity contribution in [3.05, 3.63) is 64.2 Å². The fourth-order valence-corrected chi connectivity index (χ4v) is 6.00. The summed E-state index contributed by atoms with van der Waals surface area (Å²) >= 11 is 6.28. The molecule has 0 bridgehead atoms. The van der Waals surface area contributed by atoms with Crippen molar-refractivity contribution in [2.75, 3.05) is 39.4 Å². The third kappa shape index (κ3) is 5.94. The van der Waals surface area contributed by atoms with Crippen LogP contribution in [-0.2, 0) is 27.8 Å². The number of piperidine rings is 1. The summed E-state index contributed by atoms with van der Waals surface area (Å²) in [5.74, 6) is -0.392. The molecule has 4 rings (SSSR count). The fourth-order valence-electron chi connectivity index (χ4n) is 4.25. The quantitative estimate of drug-likeness (QED) is 0.643. The molecule has 9 heteroatoms. The van der Waals surface area contributed by atoms with Crippen LogP contribution in [0.4, 0.5) is 0 Å². The van der Waals surface area contributed by atoms with E-state index < -0.39 is 15.9 Å². The van der Waals surface area contributed by atoms with Crippen LogP contribution in [0.15, 0.2) is 47.4 Å². The Bertz CT molecular complexity index is 1080. The number of hydrogen-bond acceptors (Lipinski definition) is 5. The summed E-state index contributed by atoms with van der Waals surface area (Å²) < 4.78 is 33.0. The first-order valence-corrected chi connectivity index (χ1v) is 13.2. The Balaban J connectivity index is 1.46. The van der Waals surface area contributed by atoms with Crippen LogP contribution in [0.2, 0.25) is 5.02 Å². The van der Waals surface area contributed by atoms with Crippen molar-refractivity contribution in [1.82, 2.24) is 14.5 Å². The molecule has 0 radical (unpaired) electrons. The van der Waals surface area contributed by atoms with E-state index in [0.717, 1.165) is 63.2 Å². The molecule has 2 aliphatic rings. The van der Waals surface area contributed by atoms with Gasteiger partial charge in [-0.3, -0.25) is 9.69 Å². The normalized spacial score (nSPS) is 18.2. The molecule has 0 aliphatic carbocycles. The molecule has 0 atom stereocenters. The van der Waals surface area contributed by atoms with Gasteiger partial charge in [0.1, 0.15) is 0 Å². The molecule has 0 aromatic heterocycles. The van der Waals surface area contributed by atoms with Gasteiger partial charge in [0.15, 0.2) is 0 Å². The lowest BCUT2D eigenvalue weighted by Gasteiger charge is -2.27. The predicted molar refractivity (Wildman–Crippen MR) is 128 cm³/mol. The molecule has 1 N–H and O–H groups in total. The molecule has 2 heterocycles. The minimum atomic E-state index is -3.65. The highest BCUT2D eigenvalue weighted by molar-refractivity contribution is 7.89. The Morgan fingerprint density at radius 1 is 0.970 bits per heavy atom. The number of ether oxygens (including phenoxy) is 1. The van der Waals surface area contributed by atoms with Gasteiger partial charge in [-0.1, -0.05) is 42.3 Å². The zero-order valence-electron chi connectivity index (χ0n) is 18.6. The van der Waals surface area contributed by atoms with Gasteiger partial charge in [0.2, 0.25) is 10.0 Å². The van der Waals surface area contributed by atoms with Crippen LogP contribution < -0.4 is 5.32 Å². The zero-order chi connectivity index (χ0) is 23.3. The maximum Gasteiger partial charge on any atom is 0.253 e. The number of sulfonamides is 1. The topological polar surface area (TPSA) is 79.0 Å². The van der Waals surface area contributed by atoms with E-state index in [2.05, 4.69) is 16.3 Å². The average Bonchev–Trinajstić information content (AvgIpc) is 2.84. The number of amides is 1. The van der Waals surface area contributed by atoms with Crippen LogP contribution in [0.1, 0.15) is 40.7 Å². The van der Waals surface area contributed by atoms with Crippen LogP contribution in [0.3, 0.4) is 0 Å². The summed E-state index contributed by atoms with van der Waals surface area (Å²) in [4.78, 5) is 15.4. The van der Waals surface area contributed by atoms with Crippen molar-refractivity contribution in [3.8, 4) is 0 Å². The lowest BCUT2D eigenvalue weighted by molar-refractivity contribution is 0.0340. The highest BCUT2D eigenvalue weighted by Crippen LogP contribution is 2.25. The van der Waals surface area contributed by atoms with E-state index >= 15 is 0 Å². The van der Waals surface area contributed by atoms with Gasteiger partial charge in [-0.15, -0.1) is 0 Å². The Labute approximate surface area is 200 Å². The Morgan fingerprint density at radius 2 is 1.67 bits per heavy atom. The number of halogens is 1. The van der Waals surface area contributed by atoms with E-state index in [1.54, 1.807) is 0 Å². The van der Waals surface area contributed by atoms with E-state index in [1.807, 2.05) is 18.2 Å². The van der Waals surface area contributed by atoms with Gasteiger partial charge in [-0.25, -0.2) is 8.42 Å². The van der Waals surface area contributed by atoms with E-state index in [1.165, 1.54) is 22.5 Å². The molecule has 2 saturated heterocycles. The molecule has 2 aromatic rings. The van der Waals surface area contributed by atoms with Crippen molar-refractivity contribution in [2.45, 2.75) is 37.2 Å². The first-order valence-electron chi connectivity index (χ1n) is 11.4. The molecule has 1 amide bonds. The summed E-state index contributed by atoms with van der Waals surface area (Å²) in [6.45, 7) is 5.36. The van der Waals surface area contributed by atoms with Crippen LogP contribution in [0.5, 0.6) is 0 Å². The van der Waals surface area contributed by atoms with Crippen LogP contribution in [0.25, 0.3) is 0 Å². The van der Waals surface area contributed by atoms with E-state index in [9.17, 15) is 13.2 Å². The number of carbonyl (C=O) groups excluding carboxylic acids is 1. The van der Waals surface area contributed by atoms with Crippen LogP contribution in [0, 0.1) is 0 Å². The lowest BCUT2D eigenvalue weighted by Crippen LogP contribution is -2.36. The molecule has 2 aromatic carbocycles. The fraction of sp³-hybridized carbons (Fsp3) is 0.458. The number of morpholine rings is 1. The second-order valence-electron chi connectivity index (χ2n) is 8.45. The molecule has 33 heavy (non-hydrogen) atoms. The molecule has 2 fully saturated rings. The minimum absolute atomic E-state index is 0.103. The van der Waals surface area contributed by atoms with Crippen molar-refractivity contribution in [1.29, 1.82) is 0 Å². The second kappa shape index (κ2) is 11.0. The SMILES string of the molecule is O=C(NCc1ccccc1CN1CCOCC1)c1cc(S(=O)(=O)N2CCCCC2)ccc1Cl. The molecular weight excluding hydrogens is 462 g/mol. The van der Waals surface area contributed by atoms with Gasteiger partial charge < -0.3 is 10.1 Å². The van der Waals surface area contributed by atoms with Crippen molar-refractivity contribution in [3.63, 3.8) is 0 Å². The maximum absolute atomic E-state index is 13.0. The van der Waals surface area contributed by atoms with Crippen LogP contribution >= 0.6 is 11.6 Å². The molecule has 2 aliphatic heterocycles. The van der Waals surface area contributed by atoms with E-state index in [0.29, 0.717) is 19.6 Å². The van der Waals surface area contributed by atoms with Gasteiger partial charge in [0, 0.05) is 39.3 Å². The second-order valence-corrected chi connectivity index (χ2v) is 10.8. The summed E-state index contributed by atoms with van der Waals surface area (Å²) in [6.07, 6.45) is 2.74. The van der Waals surface area contributed by atoms with Gasteiger partial charge in [0.05, 0.1) is 28.7 Å². The summed E-state index contributed by atoms with van der Waals surface area (Å²) in [5, 5.41) is 3.15. The summed E-state index contributed by atoms with van der Waals surface area (Å²) in [7, 11) is -3.65. The van der Waals surface area contributed by atoms with Gasteiger partial charge in [0.25, 0.3) is 5.91 Å². The number of hydrogen-bond donors (Lipinski definition) is 1. The van der Waals surface area contributed by atoms with Crippen molar-refractivity contribution < 1.29 is 17.9 Å². The molecule has 178 valence electrons. The van der Waals surface area contributed by atoms with Crippen molar-refractivity contribution >= 4 is 27.5 Å². The highest BCUT2D eigenvalue weighted by Gasteiger charge is 2.27. The largest absolute Gasteiger partial charge is 0.379 e. The Kier molecular flexibility index (Phi) is 8.03. The third-order valence-electron chi connectivity index (χ3n) is 6.19. The van der Waals surface area contributed by atoms with E-state index in [-0.39, 0.29) is 15.5 Å². The highest BCUT2D eigenvalue weighted by atomic mass is 35.5. The first kappa shape index (κ1) is 24.2.